The van der Waals surface area contributed by atoms with Gasteiger partial charge in [0.05, 0.1) is 6.54 Å². The third-order valence-corrected chi connectivity index (χ3v) is 5.89. The molecule has 0 fully saturated rings. The van der Waals surface area contributed by atoms with E-state index in [-0.39, 0.29) is 51.3 Å². The molecule has 0 aromatic heterocycles. The number of amides is 2. The lowest BCUT2D eigenvalue weighted by Crippen LogP contribution is -2.42. The summed E-state index contributed by atoms with van der Waals surface area (Å²) in [5, 5.41) is 11.8. The summed E-state index contributed by atoms with van der Waals surface area (Å²) in [5.41, 5.74) is 0.885. The summed E-state index contributed by atoms with van der Waals surface area (Å²) in [6, 6.07) is 9.43. The molecule has 0 aliphatic carbocycles. The molecular weight excluding hydrogens is 520 g/mol. The number of hydrogen-bond acceptors (Lipinski definition) is 4. The molecule has 0 saturated carbocycles. The first kappa shape index (κ1) is 31.9. The van der Waals surface area contributed by atoms with Crippen molar-refractivity contribution in [2.45, 2.75) is 64.5 Å². The van der Waals surface area contributed by atoms with Crippen LogP contribution < -0.4 is 10.1 Å². The highest BCUT2D eigenvalue weighted by molar-refractivity contribution is 5.74. The first-order valence-corrected chi connectivity index (χ1v) is 12.9. The standard InChI is InChI=1S/C28H36F4N2O5/c1-3-38-25(26(35)36)17-20-7-11-23(12-8-20)39-16-15-34(14-6-4-5-13-28(2,31)32)27(37)33-19-21-9-10-22(29)18-24(21)30/h7-12,18,25H,3-6,13-17,19H2,1-2H3,(H,33,37)(H,35,36). The van der Waals surface area contributed by atoms with Crippen molar-refractivity contribution < 1.29 is 41.7 Å². The highest BCUT2D eigenvalue weighted by atomic mass is 19.3. The molecule has 0 spiro atoms. The lowest BCUT2D eigenvalue weighted by atomic mass is 10.1. The van der Waals surface area contributed by atoms with E-state index in [9.17, 15) is 32.3 Å². The molecule has 0 aliphatic heterocycles. The minimum atomic E-state index is -2.74. The maximum atomic E-state index is 13.9. The molecular formula is C28H36F4N2O5. The van der Waals surface area contributed by atoms with Crippen LogP contribution in [0.1, 0.15) is 50.7 Å². The van der Waals surface area contributed by atoms with Crippen LogP contribution in [-0.4, -0.2) is 60.3 Å². The number of carbonyl (C=O) groups excluding carboxylic acids is 1. The number of benzene rings is 2. The van der Waals surface area contributed by atoms with E-state index in [4.69, 9.17) is 9.47 Å². The Morgan fingerprint density at radius 1 is 1.05 bits per heavy atom. The van der Waals surface area contributed by atoms with Crippen LogP contribution >= 0.6 is 0 Å². The Balaban J connectivity index is 1.91. The van der Waals surface area contributed by atoms with Gasteiger partial charge in [-0.3, -0.25) is 0 Å². The van der Waals surface area contributed by atoms with Gasteiger partial charge in [0.15, 0.2) is 6.10 Å². The van der Waals surface area contributed by atoms with Crippen LogP contribution in [0.4, 0.5) is 22.4 Å². The van der Waals surface area contributed by atoms with Gasteiger partial charge in [0.2, 0.25) is 5.92 Å². The maximum absolute atomic E-state index is 13.9. The number of rotatable bonds is 17. The van der Waals surface area contributed by atoms with E-state index in [1.807, 2.05) is 0 Å². The van der Waals surface area contributed by atoms with E-state index in [0.717, 1.165) is 24.6 Å². The SMILES string of the molecule is CCOC(Cc1ccc(OCCN(CCCCCC(C)(F)F)C(=O)NCc2ccc(F)cc2F)cc1)C(=O)O. The topological polar surface area (TPSA) is 88.1 Å². The molecule has 0 aliphatic rings. The highest BCUT2D eigenvalue weighted by Crippen LogP contribution is 2.20. The van der Waals surface area contributed by atoms with Crippen molar-refractivity contribution in [3.05, 3.63) is 65.2 Å². The number of aliphatic carboxylic acids is 1. The average molecular weight is 557 g/mol. The van der Waals surface area contributed by atoms with Gasteiger partial charge in [0, 0.05) is 44.2 Å². The zero-order chi connectivity index (χ0) is 28.8. The minimum Gasteiger partial charge on any atom is -0.492 e. The summed E-state index contributed by atoms with van der Waals surface area (Å²) >= 11 is 0. The number of carbonyl (C=O) groups is 2. The molecule has 0 bridgehead atoms. The van der Waals surface area contributed by atoms with Crippen molar-refractivity contribution >= 4 is 12.0 Å². The quantitative estimate of drug-likeness (QED) is 0.190. The first-order chi connectivity index (χ1) is 18.5. The second kappa shape index (κ2) is 15.9. The number of carboxylic acids is 1. The zero-order valence-electron chi connectivity index (χ0n) is 22.2. The Hall–Kier alpha value is -3.34. The number of halogens is 4. The van der Waals surface area contributed by atoms with Crippen LogP contribution in [0.2, 0.25) is 0 Å². The fourth-order valence-electron chi connectivity index (χ4n) is 3.81. The molecule has 11 heteroatoms. The smallest absolute Gasteiger partial charge is 0.333 e. The maximum Gasteiger partial charge on any atom is 0.333 e. The van der Waals surface area contributed by atoms with Crippen LogP contribution in [0, 0.1) is 11.6 Å². The third-order valence-electron chi connectivity index (χ3n) is 5.89. The summed E-state index contributed by atoms with van der Waals surface area (Å²) < 4.78 is 64.2. The molecule has 0 saturated heterocycles. The van der Waals surface area contributed by atoms with Crippen LogP contribution in [0.15, 0.2) is 42.5 Å². The lowest BCUT2D eigenvalue weighted by Gasteiger charge is -2.23. The molecule has 7 nitrogen and oxygen atoms in total. The van der Waals surface area contributed by atoms with Gasteiger partial charge in [-0.15, -0.1) is 0 Å². The predicted octanol–water partition coefficient (Wildman–Crippen LogP) is 5.80. The molecule has 2 aromatic carbocycles. The molecule has 39 heavy (non-hydrogen) atoms. The molecule has 2 N–H and O–H groups in total. The number of hydrogen-bond donors (Lipinski definition) is 2. The van der Waals surface area contributed by atoms with Gasteiger partial charge in [-0.1, -0.05) is 24.6 Å². The van der Waals surface area contributed by atoms with E-state index in [1.165, 1.54) is 11.0 Å². The van der Waals surface area contributed by atoms with Crippen molar-refractivity contribution in [3.8, 4) is 5.75 Å². The van der Waals surface area contributed by atoms with Crippen molar-refractivity contribution in [2.75, 3.05) is 26.3 Å². The fraction of sp³-hybridized carbons (Fsp3) is 0.500. The summed E-state index contributed by atoms with van der Waals surface area (Å²) in [6.45, 7) is 3.31. The van der Waals surface area contributed by atoms with Gasteiger partial charge in [-0.05, 0) is 50.5 Å². The Bertz CT molecular complexity index is 1050. The monoisotopic (exact) mass is 556 g/mol. The highest BCUT2D eigenvalue weighted by Gasteiger charge is 2.20. The number of urea groups is 1. The van der Waals surface area contributed by atoms with Gasteiger partial charge in [0.1, 0.15) is 24.0 Å². The molecule has 2 amide bonds. The second-order valence-corrected chi connectivity index (χ2v) is 9.24. The number of nitrogens with zero attached hydrogens (tertiary/aromatic N) is 1. The number of alkyl halides is 2. The predicted molar refractivity (Wildman–Crippen MR) is 138 cm³/mol. The summed E-state index contributed by atoms with van der Waals surface area (Å²) in [6.07, 6.45) is 0.334. The number of nitrogens with one attached hydrogen (secondary N) is 1. The van der Waals surface area contributed by atoms with Gasteiger partial charge in [-0.25, -0.2) is 27.2 Å². The third kappa shape index (κ3) is 12.4. The van der Waals surface area contributed by atoms with E-state index < -0.39 is 35.7 Å². The fourth-order valence-corrected chi connectivity index (χ4v) is 3.81. The van der Waals surface area contributed by atoms with E-state index in [1.54, 1.807) is 31.2 Å². The molecule has 1 atom stereocenters. The Labute approximate surface area is 226 Å². The zero-order valence-corrected chi connectivity index (χ0v) is 22.2. The first-order valence-electron chi connectivity index (χ1n) is 12.9. The number of ether oxygens (including phenoxy) is 2. The van der Waals surface area contributed by atoms with Gasteiger partial charge in [0.25, 0.3) is 0 Å². The van der Waals surface area contributed by atoms with E-state index in [0.29, 0.717) is 25.0 Å². The normalized spacial score (nSPS) is 12.2. The van der Waals surface area contributed by atoms with Gasteiger partial charge < -0.3 is 24.8 Å². The van der Waals surface area contributed by atoms with Crippen LogP contribution in [-0.2, 0) is 22.5 Å². The van der Waals surface area contributed by atoms with E-state index in [2.05, 4.69) is 5.32 Å². The largest absolute Gasteiger partial charge is 0.492 e. The van der Waals surface area contributed by atoms with Crippen LogP contribution in [0.3, 0.4) is 0 Å². The van der Waals surface area contributed by atoms with Crippen LogP contribution in [0.25, 0.3) is 0 Å². The number of unbranched alkanes of at least 4 members (excludes halogenated alkanes) is 2. The van der Waals surface area contributed by atoms with Crippen molar-refractivity contribution in [2.24, 2.45) is 0 Å². The van der Waals surface area contributed by atoms with Crippen LogP contribution in [0.5, 0.6) is 5.75 Å². The Morgan fingerprint density at radius 3 is 2.38 bits per heavy atom. The van der Waals surface area contributed by atoms with Crippen molar-refractivity contribution in [3.63, 3.8) is 0 Å². The average Bonchev–Trinajstić information content (AvgIpc) is 2.86. The summed E-state index contributed by atoms with van der Waals surface area (Å²) in [4.78, 5) is 25.5. The second-order valence-electron chi connectivity index (χ2n) is 9.24. The molecule has 2 rings (SSSR count). The summed E-state index contributed by atoms with van der Waals surface area (Å²) in [5.74, 6) is -4.76. The van der Waals surface area contributed by atoms with Crippen molar-refractivity contribution in [1.29, 1.82) is 0 Å². The van der Waals surface area contributed by atoms with Gasteiger partial charge >= 0.3 is 12.0 Å². The summed E-state index contributed by atoms with van der Waals surface area (Å²) in [7, 11) is 0. The molecule has 0 radical (unpaired) electrons. The van der Waals surface area contributed by atoms with E-state index >= 15 is 0 Å². The molecule has 0 heterocycles. The van der Waals surface area contributed by atoms with Crippen molar-refractivity contribution in [1.82, 2.24) is 10.2 Å². The minimum absolute atomic E-state index is 0.126. The van der Waals surface area contributed by atoms with Gasteiger partial charge in [-0.2, -0.15) is 0 Å². The Morgan fingerprint density at radius 2 is 1.77 bits per heavy atom. The molecule has 1 unspecified atom stereocenters. The molecule has 2 aromatic rings. The lowest BCUT2D eigenvalue weighted by molar-refractivity contribution is -0.149. The Kier molecular flexibility index (Phi) is 13.0. The molecule has 216 valence electrons. The number of carboxylic acid groups (broad SMARTS) is 1.